The zero-order valence-electron chi connectivity index (χ0n) is 16.2. The van der Waals surface area contributed by atoms with Crippen LogP contribution in [0.15, 0.2) is 66.0 Å². The summed E-state index contributed by atoms with van der Waals surface area (Å²) in [6.07, 6.45) is 4.07. The van der Waals surface area contributed by atoms with Crippen LogP contribution in [0.3, 0.4) is 0 Å². The first-order chi connectivity index (χ1) is 14.1. The molecular formula is C23H19F2NO4. The van der Waals surface area contributed by atoms with Crippen molar-refractivity contribution in [2.45, 2.75) is 25.9 Å². The van der Waals surface area contributed by atoms with Crippen LogP contribution in [0.4, 0.5) is 14.5 Å². The molecule has 1 heterocycles. The Balaban J connectivity index is 1.97. The fraction of sp³-hybridized carbons (Fsp3) is 0.174. The molecule has 0 saturated carbocycles. The third kappa shape index (κ3) is 3.43. The summed E-state index contributed by atoms with van der Waals surface area (Å²) in [4.78, 5) is 12.0. The Morgan fingerprint density at radius 3 is 2.67 bits per heavy atom. The molecule has 30 heavy (non-hydrogen) atoms. The molecule has 0 saturated heterocycles. The van der Waals surface area contributed by atoms with E-state index in [9.17, 15) is 23.8 Å². The van der Waals surface area contributed by atoms with Crippen LogP contribution in [0.1, 0.15) is 23.6 Å². The third-order valence-corrected chi connectivity index (χ3v) is 5.01. The van der Waals surface area contributed by atoms with Gasteiger partial charge in [-0.15, -0.1) is 0 Å². The van der Waals surface area contributed by atoms with E-state index in [0.717, 1.165) is 5.56 Å². The lowest BCUT2D eigenvalue weighted by Gasteiger charge is -2.31. The Hall–Kier alpha value is -3.61. The van der Waals surface area contributed by atoms with Gasteiger partial charge in [0.1, 0.15) is 23.4 Å². The van der Waals surface area contributed by atoms with E-state index in [1.54, 1.807) is 24.3 Å². The standard InChI is InChI=1S/C23H19F2NO4/c1-12-4-3-5-17(26-22(29)23(2,24)25)20(12)21-15-8-6-13(27)10-18(15)30-19-11-14(28)7-9-16(19)21/h3-11,18,27-28H,1-2H3,(H,26,29). The number of rotatable bonds is 3. The van der Waals surface area contributed by atoms with Crippen molar-refractivity contribution in [3.05, 3.63) is 82.6 Å². The molecule has 2 aromatic rings. The number of alkyl halides is 2. The van der Waals surface area contributed by atoms with Crippen molar-refractivity contribution in [2.75, 3.05) is 5.32 Å². The molecule has 154 valence electrons. The summed E-state index contributed by atoms with van der Waals surface area (Å²) < 4.78 is 33.0. The molecule has 1 unspecified atom stereocenters. The minimum absolute atomic E-state index is 0.0000352. The van der Waals surface area contributed by atoms with Crippen LogP contribution in [-0.2, 0) is 4.79 Å². The van der Waals surface area contributed by atoms with E-state index in [0.29, 0.717) is 34.9 Å². The number of hydrogen-bond acceptors (Lipinski definition) is 4. The second-order valence-electron chi connectivity index (χ2n) is 7.31. The number of phenolic OH excluding ortho intramolecular Hbond substituents is 1. The first kappa shape index (κ1) is 19.7. The van der Waals surface area contributed by atoms with Crippen molar-refractivity contribution in [2.24, 2.45) is 0 Å². The SMILES string of the molecule is Cc1cccc(NC(=O)C(C)(F)F)c1C1=C2C=CC(O)=CC2Oc2cc(O)ccc21. The number of anilines is 1. The van der Waals surface area contributed by atoms with Gasteiger partial charge < -0.3 is 20.3 Å². The third-order valence-electron chi connectivity index (χ3n) is 5.01. The molecule has 0 bridgehead atoms. The molecule has 7 heteroatoms. The second kappa shape index (κ2) is 7.02. The van der Waals surface area contributed by atoms with Crippen molar-refractivity contribution in [3.63, 3.8) is 0 Å². The normalized spacial score (nSPS) is 17.6. The van der Waals surface area contributed by atoms with Crippen LogP contribution in [0.5, 0.6) is 11.5 Å². The molecule has 0 spiro atoms. The number of hydrogen-bond donors (Lipinski definition) is 3. The first-order valence-corrected chi connectivity index (χ1v) is 9.27. The zero-order chi connectivity index (χ0) is 21.6. The number of amides is 1. The molecule has 0 radical (unpaired) electrons. The lowest BCUT2D eigenvalue weighted by molar-refractivity contribution is -0.137. The van der Waals surface area contributed by atoms with Gasteiger partial charge in [-0.25, -0.2) is 0 Å². The number of benzene rings is 2. The fourth-order valence-electron chi connectivity index (χ4n) is 3.62. The Labute approximate surface area is 171 Å². The predicted molar refractivity (Wildman–Crippen MR) is 109 cm³/mol. The number of carbonyl (C=O) groups is 1. The number of ether oxygens (including phenoxy) is 1. The highest BCUT2D eigenvalue weighted by molar-refractivity contribution is 6.01. The van der Waals surface area contributed by atoms with E-state index in [2.05, 4.69) is 5.32 Å². The summed E-state index contributed by atoms with van der Waals surface area (Å²) in [6, 6.07) is 9.66. The van der Waals surface area contributed by atoms with Crippen molar-refractivity contribution >= 4 is 17.2 Å². The van der Waals surface area contributed by atoms with E-state index < -0.39 is 17.9 Å². The number of phenols is 1. The summed E-state index contributed by atoms with van der Waals surface area (Å²) >= 11 is 0. The lowest BCUT2D eigenvalue weighted by atomic mass is 9.83. The number of carbonyl (C=O) groups excluding carboxylic acids is 1. The van der Waals surface area contributed by atoms with Crippen LogP contribution >= 0.6 is 0 Å². The highest BCUT2D eigenvalue weighted by Crippen LogP contribution is 2.46. The Bertz CT molecular complexity index is 1140. The fourth-order valence-corrected chi connectivity index (χ4v) is 3.62. The van der Waals surface area contributed by atoms with Crippen molar-refractivity contribution in [1.29, 1.82) is 0 Å². The molecule has 0 fully saturated rings. The van der Waals surface area contributed by atoms with Gasteiger partial charge in [0.05, 0.1) is 0 Å². The Morgan fingerprint density at radius 1 is 1.17 bits per heavy atom. The van der Waals surface area contributed by atoms with Gasteiger partial charge in [0.25, 0.3) is 5.91 Å². The van der Waals surface area contributed by atoms with Gasteiger partial charge in [0, 0.05) is 47.0 Å². The monoisotopic (exact) mass is 411 g/mol. The van der Waals surface area contributed by atoms with E-state index in [4.69, 9.17) is 4.74 Å². The van der Waals surface area contributed by atoms with Crippen LogP contribution < -0.4 is 10.1 Å². The summed E-state index contributed by atoms with van der Waals surface area (Å²) in [5.74, 6) is -4.55. The molecule has 1 aliphatic heterocycles. The van der Waals surface area contributed by atoms with Crippen LogP contribution in [0, 0.1) is 6.92 Å². The number of fused-ring (bicyclic) bond motifs is 2. The van der Waals surface area contributed by atoms with E-state index in [1.165, 1.54) is 24.3 Å². The lowest BCUT2D eigenvalue weighted by Crippen LogP contribution is -2.32. The summed E-state index contributed by atoms with van der Waals surface area (Å²) in [7, 11) is 0. The molecule has 2 aromatic carbocycles. The highest BCUT2D eigenvalue weighted by atomic mass is 19.3. The number of aliphatic hydroxyl groups excluding tert-OH is 1. The van der Waals surface area contributed by atoms with Gasteiger partial charge in [-0.2, -0.15) is 8.78 Å². The molecule has 2 aliphatic rings. The number of halogens is 2. The van der Waals surface area contributed by atoms with Crippen molar-refractivity contribution in [1.82, 2.24) is 0 Å². The molecular weight excluding hydrogens is 392 g/mol. The van der Waals surface area contributed by atoms with Crippen molar-refractivity contribution in [3.8, 4) is 11.5 Å². The van der Waals surface area contributed by atoms with Crippen molar-refractivity contribution < 1.29 is 28.5 Å². The van der Waals surface area contributed by atoms with E-state index in [-0.39, 0.29) is 17.2 Å². The highest BCUT2D eigenvalue weighted by Gasteiger charge is 2.35. The molecule has 5 nitrogen and oxygen atoms in total. The van der Waals surface area contributed by atoms with Gasteiger partial charge in [-0.05, 0) is 36.8 Å². The number of aliphatic hydroxyl groups is 1. The van der Waals surface area contributed by atoms with E-state index >= 15 is 0 Å². The van der Waals surface area contributed by atoms with Gasteiger partial charge in [-0.3, -0.25) is 4.79 Å². The topological polar surface area (TPSA) is 78.8 Å². The van der Waals surface area contributed by atoms with Crippen LogP contribution in [0.25, 0.3) is 5.57 Å². The number of nitrogens with one attached hydrogen (secondary N) is 1. The molecule has 4 rings (SSSR count). The average molecular weight is 411 g/mol. The maximum atomic E-state index is 13.6. The van der Waals surface area contributed by atoms with Gasteiger partial charge in [-0.1, -0.05) is 18.2 Å². The first-order valence-electron chi connectivity index (χ1n) is 9.27. The summed E-state index contributed by atoms with van der Waals surface area (Å²) in [6.45, 7) is 2.35. The molecule has 1 aliphatic carbocycles. The maximum absolute atomic E-state index is 13.6. The van der Waals surface area contributed by atoms with Gasteiger partial charge in [0.15, 0.2) is 0 Å². The van der Waals surface area contributed by atoms with E-state index in [1.807, 2.05) is 13.0 Å². The largest absolute Gasteiger partial charge is 0.508 e. The summed E-state index contributed by atoms with van der Waals surface area (Å²) in [5.41, 5.74) is 3.53. The Kier molecular flexibility index (Phi) is 4.61. The summed E-state index contributed by atoms with van der Waals surface area (Å²) in [5, 5.41) is 22.1. The molecule has 3 N–H and O–H groups in total. The van der Waals surface area contributed by atoms with Gasteiger partial charge >= 0.3 is 5.92 Å². The quantitative estimate of drug-likeness (QED) is 0.673. The smallest absolute Gasteiger partial charge is 0.322 e. The maximum Gasteiger partial charge on any atom is 0.322 e. The number of aryl methyl sites for hydroxylation is 1. The van der Waals surface area contributed by atoms with Gasteiger partial charge in [0.2, 0.25) is 0 Å². The molecule has 0 aromatic heterocycles. The molecule has 1 atom stereocenters. The predicted octanol–water partition coefficient (Wildman–Crippen LogP) is 4.87. The minimum atomic E-state index is -3.54. The number of allylic oxidation sites excluding steroid dienone is 1. The Morgan fingerprint density at radius 2 is 1.93 bits per heavy atom. The van der Waals surface area contributed by atoms with Crippen LogP contribution in [-0.4, -0.2) is 28.1 Å². The number of aromatic hydroxyl groups is 1. The zero-order valence-corrected chi connectivity index (χ0v) is 16.2. The van der Waals surface area contributed by atoms with Crippen LogP contribution in [0.2, 0.25) is 0 Å². The average Bonchev–Trinajstić information content (AvgIpc) is 2.66. The second-order valence-corrected chi connectivity index (χ2v) is 7.31. The minimum Gasteiger partial charge on any atom is -0.508 e. The molecule has 1 amide bonds.